The summed E-state index contributed by atoms with van der Waals surface area (Å²) in [7, 11) is 0. The number of aliphatic hydroxyl groups is 1. The molecule has 0 saturated heterocycles. The van der Waals surface area contributed by atoms with E-state index in [0.717, 1.165) is 0 Å². The highest BCUT2D eigenvalue weighted by atomic mass is 19.1. The first-order chi connectivity index (χ1) is 6.86. The van der Waals surface area contributed by atoms with Gasteiger partial charge >= 0.3 is 5.97 Å². The molecule has 0 fully saturated rings. The Labute approximate surface area is 81.8 Å². The number of phenolic OH excluding ortho intramolecular Hbond substituents is 2. The van der Waals surface area contributed by atoms with Crippen LogP contribution in [0.2, 0.25) is 0 Å². The van der Waals surface area contributed by atoms with Gasteiger partial charge in [-0.2, -0.15) is 0 Å². The van der Waals surface area contributed by atoms with Crippen molar-refractivity contribution in [2.24, 2.45) is 0 Å². The fourth-order valence-corrected chi connectivity index (χ4v) is 0.992. The van der Waals surface area contributed by atoms with E-state index in [1.54, 1.807) is 0 Å². The molecule has 82 valence electrons. The maximum Gasteiger partial charge on any atom is 0.337 e. The van der Waals surface area contributed by atoms with Crippen molar-refractivity contribution < 1.29 is 34.0 Å². The number of carbonyl (C=O) groups is 1. The minimum Gasteiger partial charge on any atom is -0.505 e. The number of hydrogen-bond acceptors (Lipinski definition) is 4. The Hall–Kier alpha value is -1.89. The van der Waals surface area contributed by atoms with Gasteiger partial charge < -0.3 is 20.4 Å². The third kappa shape index (κ3) is 1.82. The van der Waals surface area contributed by atoms with E-state index in [1.165, 1.54) is 0 Å². The van der Waals surface area contributed by atoms with Crippen molar-refractivity contribution in [2.45, 2.75) is 6.10 Å². The zero-order chi connectivity index (χ0) is 11.7. The molecule has 1 unspecified atom stereocenters. The Balaban J connectivity index is 3.45. The van der Waals surface area contributed by atoms with Crippen molar-refractivity contribution in [3.8, 4) is 11.5 Å². The number of aliphatic carboxylic acids is 1. The van der Waals surface area contributed by atoms with E-state index in [4.69, 9.17) is 20.4 Å². The summed E-state index contributed by atoms with van der Waals surface area (Å²) in [5, 5.41) is 34.9. The summed E-state index contributed by atoms with van der Waals surface area (Å²) in [6, 6.07) is 0.364. The smallest absolute Gasteiger partial charge is 0.337 e. The van der Waals surface area contributed by atoms with Gasteiger partial charge in [-0.3, -0.25) is 0 Å². The van der Waals surface area contributed by atoms with E-state index in [-0.39, 0.29) is 0 Å². The SMILES string of the molecule is O=C(O)C(O)c1c(F)c(O)cc(O)c1F. The van der Waals surface area contributed by atoms with Gasteiger partial charge in [-0.1, -0.05) is 0 Å². The summed E-state index contributed by atoms with van der Waals surface area (Å²) in [5.41, 5.74) is -1.31. The summed E-state index contributed by atoms with van der Waals surface area (Å²) in [6.45, 7) is 0. The highest BCUT2D eigenvalue weighted by Gasteiger charge is 2.28. The van der Waals surface area contributed by atoms with Gasteiger partial charge in [0, 0.05) is 6.07 Å². The van der Waals surface area contributed by atoms with Crippen molar-refractivity contribution in [1.82, 2.24) is 0 Å². The Morgan fingerprint density at radius 3 is 1.93 bits per heavy atom. The molecule has 1 aromatic rings. The van der Waals surface area contributed by atoms with E-state index in [0.29, 0.717) is 6.07 Å². The average Bonchev–Trinajstić information content (AvgIpc) is 2.15. The first-order valence-electron chi connectivity index (χ1n) is 3.67. The van der Waals surface area contributed by atoms with Crippen molar-refractivity contribution in [3.05, 3.63) is 23.3 Å². The fraction of sp³-hybridized carbons (Fsp3) is 0.125. The Morgan fingerprint density at radius 2 is 1.60 bits per heavy atom. The zero-order valence-corrected chi connectivity index (χ0v) is 7.11. The molecule has 0 spiro atoms. The van der Waals surface area contributed by atoms with Crippen LogP contribution in [-0.4, -0.2) is 26.4 Å². The van der Waals surface area contributed by atoms with Crippen molar-refractivity contribution in [2.75, 3.05) is 0 Å². The molecule has 0 aliphatic carbocycles. The molecule has 0 bridgehead atoms. The van der Waals surface area contributed by atoms with Crippen LogP contribution in [0.5, 0.6) is 11.5 Å². The molecular weight excluding hydrogens is 214 g/mol. The van der Waals surface area contributed by atoms with Crippen LogP contribution in [0.3, 0.4) is 0 Å². The van der Waals surface area contributed by atoms with E-state index < -0.39 is 40.8 Å². The van der Waals surface area contributed by atoms with Crippen molar-refractivity contribution in [1.29, 1.82) is 0 Å². The van der Waals surface area contributed by atoms with Gasteiger partial charge in [0.05, 0.1) is 5.56 Å². The number of carboxylic acids is 1. The molecule has 0 radical (unpaired) electrons. The highest BCUT2D eigenvalue weighted by molar-refractivity contribution is 5.74. The highest BCUT2D eigenvalue weighted by Crippen LogP contribution is 2.33. The van der Waals surface area contributed by atoms with E-state index in [1.807, 2.05) is 0 Å². The molecule has 0 aliphatic rings. The molecule has 7 heteroatoms. The monoisotopic (exact) mass is 220 g/mol. The number of carboxylic acid groups (broad SMARTS) is 1. The number of aliphatic hydroxyl groups excluding tert-OH is 1. The minimum absolute atomic E-state index is 0.364. The molecule has 15 heavy (non-hydrogen) atoms. The van der Waals surface area contributed by atoms with E-state index in [2.05, 4.69) is 0 Å². The number of benzene rings is 1. The van der Waals surface area contributed by atoms with Gasteiger partial charge in [-0.25, -0.2) is 13.6 Å². The molecule has 1 aromatic carbocycles. The van der Waals surface area contributed by atoms with E-state index >= 15 is 0 Å². The largest absolute Gasteiger partial charge is 0.505 e. The second kappa shape index (κ2) is 3.70. The van der Waals surface area contributed by atoms with Crippen LogP contribution in [0.1, 0.15) is 11.7 Å². The van der Waals surface area contributed by atoms with Crippen LogP contribution >= 0.6 is 0 Å². The normalized spacial score (nSPS) is 12.5. The molecule has 0 aliphatic heterocycles. The lowest BCUT2D eigenvalue weighted by molar-refractivity contribution is -0.147. The molecule has 0 saturated carbocycles. The fourth-order valence-electron chi connectivity index (χ4n) is 0.992. The topological polar surface area (TPSA) is 98.0 Å². The van der Waals surface area contributed by atoms with Gasteiger partial charge in [-0.05, 0) is 0 Å². The summed E-state index contributed by atoms with van der Waals surface area (Å²) < 4.78 is 26.1. The van der Waals surface area contributed by atoms with Crippen molar-refractivity contribution >= 4 is 5.97 Å². The predicted molar refractivity (Wildman–Crippen MR) is 42.3 cm³/mol. The summed E-state index contributed by atoms with van der Waals surface area (Å²) in [4.78, 5) is 10.3. The average molecular weight is 220 g/mol. The Kier molecular flexibility index (Phi) is 2.76. The summed E-state index contributed by atoms with van der Waals surface area (Å²) in [6.07, 6.45) is -2.50. The molecule has 0 heterocycles. The molecule has 0 aromatic heterocycles. The van der Waals surface area contributed by atoms with Crippen LogP contribution in [0.4, 0.5) is 8.78 Å². The quantitative estimate of drug-likeness (QED) is 0.581. The first-order valence-corrected chi connectivity index (χ1v) is 3.67. The third-order valence-corrected chi connectivity index (χ3v) is 1.70. The molecular formula is C8H6F2O5. The lowest BCUT2D eigenvalue weighted by Gasteiger charge is -2.10. The minimum atomic E-state index is -2.50. The van der Waals surface area contributed by atoms with Crippen LogP contribution in [0.25, 0.3) is 0 Å². The van der Waals surface area contributed by atoms with Gasteiger partial charge in [0.15, 0.2) is 29.2 Å². The van der Waals surface area contributed by atoms with Gasteiger partial charge in [0.25, 0.3) is 0 Å². The van der Waals surface area contributed by atoms with Crippen LogP contribution in [-0.2, 0) is 4.79 Å². The molecule has 1 rings (SSSR count). The summed E-state index contributed by atoms with van der Waals surface area (Å²) >= 11 is 0. The number of rotatable bonds is 2. The first kappa shape index (κ1) is 11.2. The number of halogens is 2. The number of aromatic hydroxyl groups is 2. The second-order valence-electron chi connectivity index (χ2n) is 2.70. The standard InChI is InChI=1S/C8H6F2O5/c9-5-2(11)1-3(12)6(10)4(5)7(13)8(14)15/h1,7,11-13H,(H,14,15). The van der Waals surface area contributed by atoms with Gasteiger partial charge in [0.1, 0.15) is 0 Å². The van der Waals surface area contributed by atoms with Gasteiger partial charge in [-0.15, -0.1) is 0 Å². The van der Waals surface area contributed by atoms with E-state index in [9.17, 15) is 13.6 Å². The maximum absolute atomic E-state index is 13.0. The Bertz CT molecular complexity index is 392. The molecule has 5 nitrogen and oxygen atoms in total. The molecule has 4 N–H and O–H groups in total. The molecule has 1 atom stereocenters. The maximum atomic E-state index is 13.0. The van der Waals surface area contributed by atoms with Gasteiger partial charge in [0.2, 0.25) is 0 Å². The van der Waals surface area contributed by atoms with Crippen LogP contribution in [0.15, 0.2) is 6.07 Å². The number of phenols is 2. The Morgan fingerprint density at radius 1 is 1.20 bits per heavy atom. The zero-order valence-electron chi connectivity index (χ0n) is 7.11. The van der Waals surface area contributed by atoms with Crippen molar-refractivity contribution in [3.63, 3.8) is 0 Å². The van der Waals surface area contributed by atoms with Crippen LogP contribution in [0, 0.1) is 11.6 Å². The third-order valence-electron chi connectivity index (χ3n) is 1.70. The van der Waals surface area contributed by atoms with Crippen LogP contribution < -0.4 is 0 Å². The lowest BCUT2D eigenvalue weighted by Crippen LogP contribution is -2.14. The summed E-state index contributed by atoms with van der Waals surface area (Å²) in [5.74, 6) is -7.45. The predicted octanol–water partition coefficient (Wildman–Crippen LogP) is 0.494. The second-order valence-corrected chi connectivity index (χ2v) is 2.70. The lowest BCUT2D eigenvalue weighted by atomic mass is 10.1. The number of hydrogen-bond donors (Lipinski definition) is 4. The molecule has 0 amide bonds.